The van der Waals surface area contributed by atoms with E-state index in [0.717, 1.165) is 11.8 Å². The topological polar surface area (TPSA) is 0 Å². The van der Waals surface area contributed by atoms with Crippen LogP contribution in [-0.4, -0.2) is 0 Å². The maximum atomic E-state index is 2.39. The Labute approximate surface area is 58.7 Å². The van der Waals surface area contributed by atoms with Crippen LogP contribution in [0.2, 0.25) is 0 Å². The monoisotopic (exact) mass is 126 g/mol. The molecule has 2 unspecified atom stereocenters. The minimum atomic E-state index is 1.00. The summed E-state index contributed by atoms with van der Waals surface area (Å²) in [6, 6.07) is 0. The highest BCUT2D eigenvalue weighted by atomic mass is 14.2. The van der Waals surface area contributed by atoms with Gasteiger partial charge in [-0.15, -0.1) is 0 Å². The first-order valence-electron chi connectivity index (χ1n) is 4.29. The Morgan fingerprint density at radius 3 is 1.78 bits per heavy atom. The summed E-state index contributed by atoms with van der Waals surface area (Å²) >= 11 is 0. The lowest BCUT2D eigenvalue weighted by Crippen LogP contribution is -1.97. The molecule has 0 radical (unpaired) electrons. The fourth-order valence-corrected chi connectivity index (χ4v) is 1.91. The Morgan fingerprint density at radius 2 is 1.33 bits per heavy atom. The Hall–Kier alpha value is 0. The normalized spacial score (nSPS) is 38.0. The average molecular weight is 126 g/mol. The van der Waals surface area contributed by atoms with Crippen LogP contribution in [0.5, 0.6) is 0 Å². The second kappa shape index (κ2) is 3.24. The third-order valence-corrected chi connectivity index (χ3v) is 2.45. The van der Waals surface area contributed by atoms with Crippen molar-refractivity contribution < 1.29 is 0 Å². The van der Waals surface area contributed by atoms with Crippen LogP contribution in [0, 0.1) is 11.8 Å². The number of hydrogen-bond donors (Lipinski definition) is 0. The quantitative estimate of drug-likeness (QED) is 0.437. The minimum absolute atomic E-state index is 1.00. The summed E-state index contributed by atoms with van der Waals surface area (Å²) in [4.78, 5) is 0. The molecule has 0 nitrogen and oxygen atoms in total. The second-order valence-electron chi connectivity index (χ2n) is 3.73. The molecule has 1 aliphatic rings. The molecule has 54 valence electrons. The molecule has 0 heteroatoms. The Balaban J connectivity index is 2.29. The van der Waals surface area contributed by atoms with E-state index >= 15 is 0 Å². The zero-order chi connectivity index (χ0) is 6.69. The van der Waals surface area contributed by atoms with Crippen LogP contribution < -0.4 is 0 Å². The van der Waals surface area contributed by atoms with Crippen molar-refractivity contribution in [1.29, 1.82) is 0 Å². The van der Waals surface area contributed by atoms with Crippen molar-refractivity contribution >= 4 is 0 Å². The van der Waals surface area contributed by atoms with Crippen molar-refractivity contribution in [2.75, 3.05) is 0 Å². The summed E-state index contributed by atoms with van der Waals surface area (Å²) in [5.41, 5.74) is 0. The van der Waals surface area contributed by atoms with Crippen molar-refractivity contribution in [3.8, 4) is 0 Å². The molecule has 2 atom stereocenters. The molecule has 0 aliphatic heterocycles. The predicted octanol–water partition coefficient (Wildman–Crippen LogP) is 3.22. The molecule has 1 saturated carbocycles. The maximum Gasteiger partial charge on any atom is -0.0440 e. The zero-order valence-electron chi connectivity index (χ0n) is 6.69. The van der Waals surface area contributed by atoms with Gasteiger partial charge < -0.3 is 0 Å². The van der Waals surface area contributed by atoms with E-state index in [4.69, 9.17) is 0 Å². The van der Waals surface area contributed by atoms with Crippen LogP contribution >= 0.6 is 0 Å². The number of rotatable bonds is 0. The van der Waals surface area contributed by atoms with Gasteiger partial charge in [0.25, 0.3) is 0 Å². The minimum Gasteiger partial charge on any atom is -0.0625 e. The first-order chi connectivity index (χ1) is 4.29. The molecule has 1 rings (SSSR count). The molecular weight excluding hydrogens is 108 g/mol. The third-order valence-electron chi connectivity index (χ3n) is 2.45. The lowest BCUT2D eigenvalue weighted by atomic mass is 9.97. The van der Waals surface area contributed by atoms with E-state index < -0.39 is 0 Å². The van der Waals surface area contributed by atoms with Crippen LogP contribution in [0.15, 0.2) is 0 Å². The fourth-order valence-electron chi connectivity index (χ4n) is 1.91. The second-order valence-corrected chi connectivity index (χ2v) is 3.73. The molecule has 0 saturated heterocycles. The average Bonchev–Trinajstić information content (AvgIpc) is 1.93. The van der Waals surface area contributed by atoms with Crippen molar-refractivity contribution in [1.82, 2.24) is 0 Å². The Kier molecular flexibility index (Phi) is 2.56. The van der Waals surface area contributed by atoms with E-state index in [9.17, 15) is 0 Å². The zero-order valence-corrected chi connectivity index (χ0v) is 6.69. The van der Waals surface area contributed by atoms with Gasteiger partial charge in [-0.1, -0.05) is 39.5 Å². The molecule has 0 amide bonds. The van der Waals surface area contributed by atoms with Crippen molar-refractivity contribution in [3.63, 3.8) is 0 Å². The first kappa shape index (κ1) is 7.11. The van der Waals surface area contributed by atoms with Crippen molar-refractivity contribution in [2.45, 2.75) is 46.0 Å². The molecule has 1 fully saturated rings. The van der Waals surface area contributed by atoms with Gasteiger partial charge in [0.15, 0.2) is 0 Å². The Bertz CT molecular complexity index is 66.1. The highest BCUT2D eigenvalue weighted by Gasteiger charge is 2.12. The van der Waals surface area contributed by atoms with E-state index in [1.807, 2.05) is 0 Å². The summed E-state index contributed by atoms with van der Waals surface area (Å²) in [5.74, 6) is 2.00. The summed E-state index contributed by atoms with van der Waals surface area (Å²) in [7, 11) is 0. The van der Waals surface area contributed by atoms with Crippen molar-refractivity contribution in [2.24, 2.45) is 11.8 Å². The van der Waals surface area contributed by atoms with E-state index in [-0.39, 0.29) is 0 Å². The maximum absolute atomic E-state index is 2.39. The molecule has 1 aliphatic carbocycles. The largest absolute Gasteiger partial charge is 0.0625 e. The van der Waals surface area contributed by atoms with Crippen LogP contribution in [0.1, 0.15) is 46.0 Å². The van der Waals surface area contributed by atoms with Crippen LogP contribution in [0.3, 0.4) is 0 Å². The molecule has 0 aromatic carbocycles. The van der Waals surface area contributed by atoms with Gasteiger partial charge in [-0.05, 0) is 18.3 Å². The van der Waals surface area contributed by atoms with Gasteiger partial charge in [0.05, 0.1) is 0 Å². The van der Waals surface area contributed by atoms with Crippen LogP contribution in [0.4, 0.5) is 0 Å². The summed E-state index contributed by atoms with van der Waals surface area (Å²) < 4.78 is 0. The molecule has 0 N–H and O–H groups in total. The lowest BCUT2D eigenvalue weighted by Gasteiger charge is -2.09. The van der Waals surface area contributed by atoms with Gasteiger partial charge in [-0.3, -0.25) is 0 Å². The molecular formula is C9H18. The SMILES string of the molecule is CC1CCCCC(C)C1. The van der Waals surface area contributed by atoms with E-state index in [1.54, 1.807) is 0 Å². The smallest absolute Gasteiger partial charge is 0.0440 e. The highest BCUT2D eigenvalue weighted by molar-refractivity contribution is 4.64. The van der Waals surface area contributed by atoms with Crippen molar-refractivity contribution in [3.05, 3.63) is 0 Å². The summed E-state index contributed by atoms with van der Waals surface area (Å²) in [6.45, 7) is 4.78. The van der Waals surface area contributed by atoms with E-state index in [2.05, 4.69) is 13.8 Å². The molecule has 0 heterocycles. The molecule has 0 aromatic heterocycles. The van der Waals surface area contributed by atoms with E-state index in [0.29, 0.717) is 0 Å². The standard InChI is InChI=1S/C9H18/c1-8-5-3-4-6-9(2)7-8/h8-9H,3-7H2,1-2H3. The van der Waals surface area contributed by atoms with Gasteiger partial charge in [0.2, 0.25) is 0 Å². The van der Waals surface area contributed by atoms with Gasteiger partial charge in [-0.2, -0.15) is 0 Å². The lowest BCUT2D eigenvalue weighted by molar-refractivity contribution is 0.423. The molecule has 0 bridgehead atoms. The van der Waals surface area contributed by atoms with Gasteiger partial charge >= 0.3 is 0 Å². The van der Waals surface area contributed by atoms with Crippen LogP contribution in [-0.2, 0) is 0 Å². The number of hydrogen-bond acceptors (Lipinski definition) is 0. The van der Waals surface area contributed by atoms with Gasteiger partial charge in [0, 0.05) is 0 Å². The molecule has 0 spiro atoms. The Morgan fingerprint density at radius 1 is 0.889 bits per heavy atom. The highest BCUT2D eigenvalue weighted by Crippen LogP contribution is 2.26. The fraction of sp³-hybridized carbons (Fsp3) is 1.00. The van der Waals surface area contributed by atoms with Gasteiger partial charge in [0.1, 0.15) is 0 Å². The molecule has 0 aromatic rings. The van der Waals surface area contributed by atoms with Crippen LogP contribution in [0.25, 0.3) is 0 Å². The summed E-state index contributed by atoms with van der Waals surface area (Å²) in [5, 5.41) is 0. The molecule has 9 heavy (non-hydrogen) atoms. The first-order valence-corrected chi connectivity index (χ1v) is 4.29. The van der Waals surface area contributed by atoms with E-state index in [1.165, 1.54) is 32.1 Å². The van der Waals surface area contributed by atoms with Gasteiger partial charge in [-0.25, -0.2) is 0 Å². The summed E-state index contributed by atoms with van der Waals surface area (Å²) in [6.07, 6.45) is 7.38. The third kappa shape index (κ3) is 2.38. The predicted molar refractivity (Wildman–Crippen MR) is 41.4 cm³/mol.